The van der Waals surface area contributed by atoms with E-state index < -0.39 is 5.76 Å². The molecule has 0 aliphatic rings. The number of oxazole rings is 1. The van der Waals surface area contributed by atoms with Crippen LogP contribution in [-0.4, -0.2) is 9.55 Å². The summed E-state index contributed by atoms with van der Waals surface area (Å²) in [5, 5.41) is 3.37. The molecule has 5 heteroatoms. The molecule has 0 fully saturated rings. The quantitative estimate of drug-likeness (QED) is 0.770. The van der Waals surface area contributed by atoms with E-state index in [0.717, 1.165) is 12.2 Å². The van der Waals surface area contributed by atoms with Gasteiger partial charge in [0.15, 0.2) is 5.58 Å². The van der Waals surface area contributed by atoms with Gasteiger partial charge in [0.25, 0.3) is 0 Å². The number of rotatable bonds is 3. The van der Waals surface area contributed by atoms with Gasteiger partial charge >= 0.3 is 5.76 Å². The number of aromatic nitrogens is 2. The molecular weight excluding hydrogens is 254 g/mol. The number of hydrogen-bond acceptors (Lipinski definition) is 3. The van der Waals surface area contributed by atoms with Crippen molar-refractivity contribution in [3.63, 3.8) is 0 Å². The van der Waals surface area contributed by atoms with Gasteiger partial charge in [0, 0.05) is 30.7 Å². The van der Waals surface area contributed by atoms with Crippen molar-refractivity contribution in [2.24, 2.45) is 7.05 Å². The third kappa shape index (κ3) is 2.11. The van der Waals surface area contributed by atoms with Crippen LogP contribution in [0.15, 0.2) is 33.5 Å². The molecule has 20 heavy (non-hydrogen) atoms. The first-order chi connectivity index (χ1) is 9.54. The number of benzene rings is 1. The first kappa shape index (κ1) is 12.6. The van der Waals surface area contributed by atoms with Gasteiger partial charge < -0.3 is 14.3 Å². The minimum Gasteiger partial charge on any atom is -0.408 e. The highest BCUT2D eigenvalue weighted by atomic mass is 16.4. The number of hydrogen-bond donors (Lipinski definition) is 2. The lowest BCUT2D eigenvalue weighted by Gasteiger charge is -2.06. The average molecular weight is 271 g/mol. The molecular formula is C15H17N3O2. The molecule has 0 aliphatic heterocycles. The Bertz CT molecular complexity index is 823. The number of aryl methyl sites for hydroxylation is 1. The summed E-state index contributed by atoms with van der Waals surface area (Å²) in [5.41, 5.74) is 6.01. The normalized spacial score (nSPS) is 11.2. The van der Waals surface area contributed by atoms with Gasteiger partial charge in [-0.3, -0.25) is 4.98 Å². The van der Waals surface area contributed by atoms with E-state index in [1.165, 1.54) is 17.0 Å². The number of nitrogens with one attached hydrogen (secondary N) is 2. The van der Waals surface area contributed by atoms with E-state index in [9.17, 15) is 4.79 Å². The third-order valence-corrected chi connectivity index (χ3v) is 3.78. The summed E-state index contributed by atoms with van der Waals surface area (Å²) in [5.74, 6) is -0.424. The maximum absolute atomic E-state index is 11.1. The van der Waals surface area contributed by atoms with Gasteiger partial charge in [-0.15, -0.1) is 0 Å². The number of H-pyrrole nitrogens is 1. The first-order valence-corrected chi connectivity index (χ1v) is 6.53. The smallest absolute Gasteiger partial charge is 0.408 e. The summed E-state index contributed by atoms with van der Waals surface area (Å²) in [6.07, 6.45) is 0. The van der Waals surface area contributed by atoms with Crippen LogP contribution in [-0.2, 0) is 13.6 Å². The van der Waals surface area contributed by atoms with Gasteiger partial charge in [-0.25, -0.2) is 4.79 Å². The van der Waals surface area contributed by atoms with Crippen molar-refractivity contribution >= 4 is 16.8 Å². The number of fused-ring (bicyclic) bond motifs is 1. The first-order valence-electron chi connectivity index (χ1n) is 6.53. The van der Waals surface area contributed by atoms with Crippen molar-refractivity contribution in [2.75, 3.05) is 5.32 Å². The molecule has 0 amide bonds. The molecule has 0 spiro atoms. The van der Waals surface area contributed by atoms with Gasteiger partial charge in [0.1, 0.15) is 0 Å². The maximum Gasteiger partial charge on any atom is 0.417 e. The molecule has 0 radical (unpaired) electrons. The molecule has 104 valence electrons. The minimum atomic E-state index is -0.424. The Morgan fingerprint density at radius 2 is 2.10 bits per heavy atom. The zero-order valence-corrected chi connectivity index (χ0v) is 11.8. The van der Waals surface area contributed by atoms with Crippen molar-refractivity contribution in [1.82, 2.24) is 9.55 Å². The molecule has 2 N–H and O–H groups in total. The third-order valence-electron chi connectivity index (χ3n) is 3.78. The maximum atomic E-state index is 11.1. The summed E-state index contributed by atoms with van der Waals surface area (Å²) in [7, 11) is 2.07. The fraction of sp³-hybridized carbons (Fsp3) is 0.267. The van der Waals surface area contributed by atoms with Gasteiger partial charge in [-0.1, -0.05) is 0 Å². The van der Waals surface area contributed by atoms with Crippen LogP contribution in [0.2, 0.25) is 0 Å². The largest absolute Gasteiger partial charge is 0.417 e. The fourth-order valence-electron chi connectivity index (χ4n) is 2.37. The van der Waals surface area contributed by atoms with Gasteiger partial charge in [0.05, 0.1) is 5.52 Å². The lowest BCUT2D eigenvalue weighted by atomic mass is 10.2. The van der Waals surface area contributed by atoms with Gasteiger partial charge in [-0.05, 0) is 43.7 Å². The summed E-state index contributed by atoms with van der Waals surface area (Å²) >= 11 is 0. The van der Waals surface area contributed by atoms with E-state index >= 15 is 0 Å². The summed E-state index contributed by atoms with van der Waals surface area (Å²) in [6, 6.07) is 7.76. The fourth-order valence-corrected chi connectivity index (χ4v) is 2.37. The number of anilines is 1. The Balaban J connectivity index is 1.82. The molecule has 3 rings (SSSR count). The zero-order chi connectivity index (χ0) is 14.3. The molecule has 0 atom stereocenters. The van der Waals surface area contributed by atoms with Crippen LogP contribution in [0, 0.1) is 13.8 Å². The minimum absolute atomic E-state index is 0.424. The highest BCUT2D eigenvalue weighted by Crippen LogP contribution is 2.19. The second kappa shape index (κ2) is 4.59. The Morgan fingerprint density at radius 3 is 2.80 bits per heavy atom. The van der Waals surface area contributed by atoms with Crippen LogP contribution < -0.4 is 11.1 Å². The monoisotopic (exact) mass is 271 g/mol. The molecule has 1 aromatic carbocycles. The molecule has 2 heterocycles. The van der Waals surface area contributed by atoms with Crippen LogP contribution in [0.1, 0.15) is 17.0 Å². The van der Waals surface area contributed by atoms with E-state index in [-0.39, 0.29) is 0 Å². The highest BCUT2D eigenvalue weighted by Gasteiger charge is 2.06. The topological polar surface area (TPSA) is 63.0 Å². The molecule has 5 nitrogen and oxygen atoms in total. The van der Waals surface area contributed by atoms with Crippen LogP contribution in [0.3, 0.4) is 0 Å². The van der Waals surface area contributed by atoms with Gasteiger partial charge in [-0.2, -0.15) is 0 Å². The Hall–Kier alpha value is -2.43. The van der Waals surface area contributed by atoms with E-state index in [1.54, 1.807) is 6.07 Å². The van der Waals surface area contributed by atoms with Crippen molar-refractivity contribution in [3.8, 4) is 0 Å². The van der Waals surface area contributed by atoms with E-state index in [0.29, 0.717) is 11.1 Å². The standard InChI is InChI=1S/C15H17N3O2/c1-9-6-11(10(2)18(9)3)8-16-12-4-5-14-13(7-12)17-15(19)20-14/h4-7,16H,8H2,1-3H3,(H,17,19). The lowest BCUT2D eigenvalue weighted by molar-refractivity contribution is 0.555. The van der Waals surface area contributed by atoms with Crippen LogP contribution >= 0.6 is 0 Å². The number of aromatic amines is 1. The second-order valence-corrected chi connectivity index (χ2v) is 5.03. The van der Waals surface area contributed by atoms with Gasteiger partial charge in [0.2, 0.25) is 0 Å². The predicted molar refractivity (Wildman–Crippen MR) is 79.0 cm³/mol. The SMILES string of the molecule is Cc1cc(CNc2ccc3oc(=O)[nH]c3c2)c(C)n1C. The average Bonchev–Trinajstić information content (AvgIpc) is 2.90. The summed E-state index contributed by atoms with van der Waals surface area (Å²) in [4.78, 5) is 13.8. The zero-order valence-electron chi connectivity index (χ0n) is 11.8. The van der Waals surface area contributed by atoms with Crippen LogP contribution in [0.4, 0.5) is 5.69 Å². The van der Waals surface area contributed by atoms with Crippen molar-refractivity contribution in [1.29, 1.82) is 0 Å². The van der Waals surface area contributed by atoms with Crippen molar-refractivity contribution in [3.05, 3.63) is 51.8 Å². The van der Waals surface area contributed by atoms with Crippen molar-refractivity contribution < 1.29 is 4.42 Å². The van der Waals surface area contributed by atoms with Crippen LogP contribution in [0.25, 0.3) is 11.1 Å². The Labute approximate surface area is 116 Å². The van der Waals surface area contributed by atoms with E-state index in [4.69, 9.17) is 4.42 Å². The summed E-state index contributed by atoms with van der Waals surface area (Å²) in [6.45, 7) is 4.96. The molecule has 0 unspecified atom stereocenters. The number of nitrogens with zero attached hydrogens (tertiary/aromatic N) is 1. The molecule has 0 aliphatic carbocycles. The van der Waals surface area contributed by atoms with E-state index in [2.05, 4.69) is 41.8 Å². The van der Waals surface area contributed by atoms with Crippen molar-refractivity contribution in [2.45, 2.75) is 20.4 Å². The van der Waals surface area contributed by atoms with E-state index in [1.807, 2.05) is 12.1 Å². The highest BCUT2D eigenvalue weighted by molar-refractivity contribution is 5.76. The van der Waals surface area contributed by atoms with Crippen LogP contribution in [0.5, 0.6) is 0 Å². The molecule has 0 saturated carbocycles. The molecule has 0 saturated heterocycles. The predicted octanol–water partition coefficient (Wildman–Crippen LogP) is 2.69. The Kier molecular flexibility index (Phi) is 2.89. The molecule has 2 aromatic heterocycles. The molecule has 0 bridgehead atoms. The molecule has 3 aromatic rings. The second-order valence-electron chi connectivity index (χ2n) is 5.03. The summed E-state index contributed by atoms with van der Waals surface area (Å²) < 4.78 is 7.16. The Morgan fingerprint density at radius 1 is 1.30 bits per heavy atom. The lowest BCUT2D eigenvalue weighted by Crippen LogP contribution is -2.01.